The molecule has 2 aromatic heterocycles. The molecule has 7 heteroatoms. The average Bonchev–Trinajstić information content (AvgIpc) is 2.71. The van der Waals surface area contributed by atoms with Crippen LogP contribution in [0.15, 0.2) is 18.3 Å². The molecule has 0 atom stereocenters. The molecule has 0 spiro atoms. The van der Waals surface area contributed by atoms with Gasteiger partial charge in [0.1, 0.15) is 0 Å². The highest BCUT2D eigenvalue weighted by atomic mass is 35.5. The molecule has 0 radical (unpaired) electrons. The average molecular weight is 254 g/mol. The van der Waals surface area contributed by atoms with Crippen molar-refractivity contribution in [3.8, 4) is 0 Å². The number of hydrazine groups is 1. The maximum atomic E-state index is 5.88. The zero-order chi connectivity index (χ0) is 11.7. The van der Waals surface area contributed by atoms with Crippen molar-refractivity contribution in [3.63, 3.8) is 0 Å². The summed E-state index contributed by atoms with van der Waals surface area (Å²) in [6, 6.07) is 3.63. The van der Waals surface area contributed by atoms with Crippen LogP contribution in [-0.4, -0.2) is 45.9 Å². The van der Waals surface area contributed by atoms with Crippen LogP contribution < -0.4 is 5.43 Å². The second-order valence-corrected chi connectivity index (χ2v) is 4.23. The summed E-state index contributed by atoms with van der Waals surface area (Å²) in [4.78, 5) is 4.35. The van der Waals surface area contributed by atoms with E-state index in [-0.39, 0.29) is 0 Å². The van der Waals surface area contributed by atoms with Crippen LogP contribution >= 0.6 is 11.6 Å². The van der Waals surface area contributed by atoms with Crippen molar-refractivity contribution in [1.82, 2.24) is 19.6 Å². The van der Waals surface area contributed by atoms with Gasteiger partial charge in [-0.3, -0.25) is 5.43 Å². The number of nitrogens with zero attached hydrogens (tertiary/aromatic N) is 4. The first kappa shape index (κ1) is 10.8. The second kappa shape index (κ2) is 4.48. The van der Waals surface area contributed by atoms with E-state index in [1.54, 1.807) is 16.8 Å². The minimum absolute atomic E-state index is 0.578. The molecule has 1 aliphatic rings. The molecule has 0 aromatic carbocycles. The quantitative estimate of drug-likeness (QED) is 0.867. The molecule has 0 amide bonds. The molecular formula is C10H12ClN5O. The van der Waals surface area contributed by atoms with Gasteiger partial charge >= 0.3 is 0 Å². The number of fused-ring (bicyclic) bond motifs is 1. The smallest absolute Gasteiger partial charge is 0.257 e. The summed E-state index contributed by atoms with van der Waals surface area (Å²) in [5.41, 5.74) is 3.93. The molecule has 17 heavy (non-hydrogen) atoms. The molecule has 2 aromatic rings. The summed E-state index contributed by atoms with van der Waals surface area (Å²) >= 11 is 5.88. The van der Waals surface area contributed by atoms with Gasteiger partial charge in [-0.1, -0.05) is 11.6 Å². The van der Waals surface area contributed by atoms with Gasteiger partial charge in [0, 0.05) is 19.3 Å². The Labute approximate surface area is 103 Å². The van der Waals surface area contributed by atoms with Crippen LogP contribution in [0.25, 0.3) is 5.65 Å². The third-order valence-electron chi connectivity index (χ3n) is 2.56. The van der Waals surface area contributed by atoms with E-state index in [4.69, 9.17) is 16.3 Å². The standard InChI is InChI=1S/C10H12ClN5O/c11-8-1-2-9-12-10(14-16(9)7-8)13-15-3-5-17-6-4-15/h1-2,7H,3-6H2,(H,13,14). The van der Waals surface area contributed by atoms with Crippen LogP contribution in [0.5, 0.6) is 0 Å². The first-order valence-electron chi connectivity index (χ1n) is 5.42. The van der Waals surface area contributed by atoms with Crippen LogP contribution in [0.1, 0.15) is 0 Å². The predicted molar refractivity (Wildman–Crippen MR) is 64.0 cm³/mol. The Bertz CT molecular complexity index is 522. The number of hydrogen-bond acceptors (Lipinski definition) is 5. The van der Waals surface area contributed by atoms with Crippen LogP contribution in [-0.2, 0) is 4.74 Å². The van der Waals surface area contributed by atoms with Gasteiger partial charge in [-0.25, -0.2) is 9.52 Å². The first-order chi connectivity index (χ1) is 8.31. The van der Waals surface area contributed by atoms with E-state index < -0.39 is 0 Å². The van der Waals surface area contributed by atoms with Gasteiger partial charge in [0.2, 0.25) is 0 Å². The summed E-state index contributed by atoms with van der Waals surface area (Å²) in [6.07, 6.45) is 1.73. The Morgan fingerprint density at radius 1 is 1.29 bits per heavy atom. The number of hydrogen-bond donors (Lipinski definition) is 1. The molecule has 0 aliphatic carbocycles. The molecule has 0 saturated carbocycles. The fourth-order valence-corrected chi connectivity index (χ4v) is 1.88. The number of nitrogens with one attached hydrogen (secondary N) is 1. The number of anilines is 1. The lowest BCUT2D eigenvalue weighted by molar-refractivity contribution is 0.0493. The van der Waals surface area contributed by atoms with Gasteiger partial charge in [-0.15, -0.1) is 5.10 Å². The van der Waals surface area contributed by atoms with Crippen molar-refractivity contribution >= 4 is 23.2 Å². The fourth-order valence-electron chi connectivity index (χ4n) is 1.72. The van der Waals surface area contributed by atoms with Crippen LogP contribution in [0.3, 0.4) is 0 Å². The number of rotatable bonds is 2. The predicted octanol–water partition coefficient (Wildman–Crippen LogP) is 1.04. The number of halogens is 1. The molecule has 1 fully saturated rings. The fraction of sp³-hybridized carbons (Fsp3) is 0.400. The van der Waals surface area contributed by atoms with Crippen molar-refractivity contribution in [2.24, 2.45) is 0 Å². The van der Waals surface area contributed by atoms with E-state index in [1.165, 1.54) is 0 Å². The molecule has 1 aliphatic heterocycles. The molecule has 3 heterocycles. The van der Waals surface area contributed by atoms with E-state index in [0.29, 0.717) is 11.0 Å². The molecule has 3 rings (SSSR count). The molecule has 0 bridgehead atoms. The molecular weight excluding hydrogens is 242 g/mol. The van der Waals surface area contributed by atoms with Gasteiger partial charge in [-0.05, 0) is 12.1 Å². The highest BCUT2D eigenvalue weighted by Crippen LogP contribution is 2.12. The summed E-state index contributed by atoms with van der Waals surface area (Å²) in [5, 5.41) is 6.98. The Balaban J connectivity index is 1.80. The van der Waals surface area contributed by atoms with Gasteiger partial charge in [0.25, 0.3) is 5.95 Å². The van der Waals surface area contributed by atoms with Crippen LogP contribution in [0.4, 0.5) is 5.95 Å². The number of ether oxygens (including phenoxy) is 1. The van der Waals surface area contributed by atoms with Crippen molar-refractivity contribution in [1.29, 1.82) is 0 Å². The monoisotopic (exact) mass is 253 g/mol. The van der Waals surface area contributed by atoms with Gasteiger partial charge in [-0.2, -0.15) is 4.98 Å². The van der Waals surface area contributed by atoms with E-state index in [1.807, 2.05) is 11.1 Å². The Morgan fingerprint density at radius 3 is 2.94 bits per heavy atom. The first-order valence-corrected chi connectivity index (χ1v) is 5.80. The molecule has 90 valence electrons. The highest BCUT2D eigenvalue weighted by molar-refractivity contribution is 6.30. The van der Waals surface area contributed by atoms with Crippen LogP contribution in [0, 0.1) is 0 Å². The summed E-state index contributed by atoms with van der Waals surface area (Å²) in [6.45, 7) is 3.12. The highest BCUT2D eigenvalue weighted by Gasteiger charge is 2.12. The normalized spacial score (nSPS) is 17.5. The third kappa shape index (κ3) is 2.33. The van der Waals surface area contributed by atoms with Gasteiger partial charge in [0.05, 0.1) is 18.2 Å². The maximum absolute atomic E-state index is 5.88. The van der Waals surface area contributed by atoms with Crippen LogP contribution in [0.2, 0.25) is 5.02 Å². The van der Waals surface area contributed by atoms with E-state index in [0.717, 1.165) is 32.0 Å². The van der Waals surface area contributed by atoms with Crippen molar-refractivity contribution in [3.05, 3.63) is 23.4 Å². The summed E-state index contributed by atoms with van der Waals surface area (Å²) < 4.78 is 6.92. The zero-order valence-corrected chi connectivity index (χ0v) is 9.89. The van der Waals surface area contributed by atoms with Crippen molar-refractivity contribution in [2.45, 2.75) is 0 Å². The van der Waals surface area contributed by atoms with E-state index in [2.05, 4.69) is 15.5 Å². The molecule has 1 saturated heterocycles. The number of pyridine rings is 1. The molecule has 1 N–H and O–H groups in total. The topological polar surface area (TPSA) is 54.7 Å². The molecule has 6 nitrogen and oxygen atoms in total. The summed E-state index contributed by atoms with van der Waals surface area (Å²) in [5.74, 6) is 0.578. The lowest BCUT2D eigenvalue weighted by atomic mass is 10.5. The van der Waals surface area contributed by atoms with Crippen molar-refractivity contribution in [2.75, 3.05) is 31.7 Å². The van der Waals surface area contributed by atoms with Crippen molar-refractivity contribution < 1.29 is 4.74 Å². The number of morpholine rings is 1. The number of aromatic nitrogens is 3. The Morgan fingerprint density at radius 2 is 2.12 bits per heavy atom. The SMILES string of the molecule is Clc1ccc2nc(NN3CCOCC3)nn2c1. The lowest BCUT2D eigenvalue weighted by Crippen LogP contribution is -2.40. The largest absolute Gasteiger partial charge is 0.379 e. The summed E-state index contributed by atoms with van der Waals surface area (Å²) in [7, 11) is 0. The third-order valence-corrected chi connectivity index (χ3v) is 2.79. The molecule has 0 unspecified atom stereocenters. The Hall–Kier alpha value is -1.37. The Kier molecular flexibility index (Phi) is 2.84. The van der Waals surface area contributed by atoms with E-state index >= 15 is 0 Å². The van der Waals surface area contributed by atoms with Gasteiger partial charge < -0.3 is 4.74 Å². The minimum atomic E-state index is 0.578. The lowest BCUT2D eigenvalue weighted by Gasteiger charge is -2.26. The zero-order valence-electron chi connectivity index (χ0n) is 9.14. The maximum Gasteiger partial charge on any atom is 0.257 e. The van der Waals surface area contributed by atoms with Gasteiger partial charge in [0.15, 0.2) is 5.65 Å². The second-order valence-electron chi connectivity index (χ2n) is 3.80. The minimum Gasteiger partial charge on any atom is -0.379 e. The van der Waals surface area contributed by atoms with E-state index in [9.17, 15) is 0 Å².